The second kappa shape index (κ2) is 7.35. The maximum atomic E-state index is 11.8. The fourth-order valence-corrected chi connectivity index (χ4v) is 2.17. The van der Waals surface area contributed by atoms with E-state index >= 15 is 0 Å². The number of amides is 1. The Labute approximate surface area is 120 Å². The minimum atomic E-state index is -3.37. The van der Waals surface area contributed by atoms with Gasteiger partial charge in [-0.2, -0.15) is 0 Å². The van der Waals surface area contributed by atoms with Gasteiger partial charge in [0, 0.05) is 12.4 Å². The average molecular weight is 299 g/mol. The van der Waals surface area contributed by atoms with Gasteiger partial charge in [-0.05, 0) is 24.0 Å². The molecule has 0 saturated heterocycles. The van der Waals surface area contributed by atoms with Gasteiger partial charge in [-0.3, -0.25) is 9.78 Å². The molecule has 1 amide bonds. The molecule has 0 fully saturated rings. The summed E-state index contributed by atoms with van der Waals surface area (Å²) in [6.45, 7) is 3.86. The Morgan fingerprint density at radius 1 is 1.40 bits per heavy atom. The molecule has 6 nitrogen and oxygen atoms in total. The highest BCUT2D eigenvalue weighted by atomic mass is 32.2. The number of pyridine rings is 1. The largest absolute Gasteiger partial charge is 0.348 e. The SMILES string of the molecule is CC(C)C[C@@H](NC(=O)CNS(C)(=O)=O)c1cccnc1. The van der Waals surface area contributed by atoms with Crippen molar-refractivity contribution in [1.82, 2.24) is 15.0 Å². The smallest absolute Gasteiger partial charge is 0.235 e. The molecule has 1 aromatic heterocycles. The van der Waals surface area contributed by atoms with Crippen LogP contribution in [-0.4, -0.2) is 32.1 Å². The van der Waals surface area contributed by atoms with Crippen molar-refractivity contribution in [2.24, 2.45) is 5.92 Å². The summed E-state index contributed by atoms with van der Waals surface area (Å²) < 4.78 is 24.1. The number of nitrogens with zero attached hydrogens (tertiary/aromatic N) is 1. The van der Waals surface area contributed by atoms with Crippen LogP contribution in [0.15, 0.2) is 24.5 Å². The van der Waals surface area contributed by atoms with Gasteiger partial charge in [0.25, 0.3) is 0 Å². The van der Waals surface area contributed by atoms with Crippen LogP contribution in [-0.2, 0) is 14.8 Å². The summed E-state index contributed by atoms with van der Waals surface area (Å²) in [5.41, 5.74) is 0.911. The first-order chi connectivity index (χ1) is 9.28. The van der Waals surface area contributed by atoms with Gasteiger partial charge in [0.15, 0.2) is 0 Å². The maximum absolute atomic E-state index is 11.8. The van der Waals surface area contributed by atoms with Gasteiger partial charge in [-0.25, -0.2) is 13.1 Å². The van der Waals surface area contributed by atoms with E-state index in [-0.39, 0.29) is 18.5 Å². The van der Waals surface area contributed by atoms with Crippen LogP contribution in [0.1, 0.15) is 31.9 Å². The van der Waals surface area contributed by atoms with E-state index in [2.05, 4.69) is 28.9 Å². The molecule has 0 spiro atoms. The first-order valence-corrected chi connectivity index (χ1v) is 8.31. The van der Waals surface area contributed by atoms with Crippen molar-refractivity contribution in [3.05, 3.63) is 30.1 Å². The van der Waals surface area contributed by atoms with Crippen LogP contribution in [0.2, 0.25) is 0 Å². The second-order valence-electron chi connectivity index (χ2n) is 5.13. The van der Waals surface area contributed by atoms with Crippen LogP contribution in [0, 0.1) is 5.92 Å². The number of rotatable bonds is 7. The Morgan fingerprint density at radius 2 is 2.10 bits per heavy atom. The minimum Gasteiger partial charge on any atom is -0.348 e. The van der Waals surface area contributed by atoms with Crippen molar-refractivity contribution < 1.29 is 13.2 Å². The van der Waals surface area contributed by atoms with E-state index in [1.54, 1.807) is 12.4 Å². The second-order valence-corrected chi connectivity index (χ2v) is 6.96. The van der Waals surface area contributed by atoms with Gasteiger partial charge >= 0.3 is 0 Å². The lowest BCUT2D eigenvalue weighted by Gasteiger charge is -2.20. The first kappa shape index (κ1) is 16.6. The highest BCUT2D eigenvalue weighted by Gasteiger charge is 2.17. The molecule has 1 aromatic rings. The Morgan fingerprint density at radius 3 is 2.60 bits per heavy atom. The summed E-state index contributed by atoms with van der Waals surface area (Å²) >= 11 is 0. The van der Waals surface area contributed by atoms with Gasteiger partial charge in [0.1, 0.15) is 0 Å². The average Bonchev–Trinajstić information content (AvgIpc) is 2.35. The van der Waals surface area contributed by atoms with Crippen molar-refractivity contribution >= 4 is 15.9 Å². The van der Waals surface area contributed by atoms with Crippen LogP contribution in [0.25, 0.3) is 0 Å². The molecule has 0 aliphatic carbocycles. The molecule has 0 unspecified atom stereocenters. The highest BCUT2D eigenvalue weighted by molar-refractivity contribution is 7.88. The monoisotopic (exact) mass is 299 g/mol. The number of carbonyl (C=O) groups is 1. The van der Waals surface area contributed by atoms with Crippen LogP contribution in [0.4, 0.5) is 0 Å². The number of hydrogen-bond acceptors (Lipinski definition) is 4. The molecule has 0 aliphatic rings. The predicted molar refractivity (Wildman–Crippen MR) is 77.4 cm³/mol. The molecule has 0 radical (unpaired) electrons. The van der Waals surface area contributed by atoms with Gasteiger partial charge in [-0.1, -0.05) is 19.9 Å². The van der Waals surface area contributed by atoms with E-state index in [9.17, 15) is 13.2 Å². The van der Waals surface area contributed by atoms with E-state index in [1.807, 2.05) is 12.1 Å². The quantitative estimate of drug-likeness (QED) is 0.780. The van der Waals surface area contributed by atoms with Gasteiger partial charge < -0.3 is 5.32 Å². The molecule has 1 rings (SSSR count). The molecule has 7 heteroatoms. The molecule has 1 atom stereocenters. The zero-order valence-corrected chi connectivity index (χ0v) is 12.8. The van der Waals surface area contributed by atoms with Gasteiger partial charge in [0.2, 0.25) is 15.9 Å². The third-order valence-corrected chi connectivity index (χ3v) is 3.29. The summed E-state index contributed by atoms with van der Waals surface area (Å²) in [5.74, 6) is 0.0355. The summed E-state index contributed by atoms with van der Waals surface area (Å²) in [4.78, 5) is 15.8. The predicted octanol–water partition coefficient (Wildman–Crippen LogP) is 0.834. The minimum absolute atomic E-state index is 0.169. The van der Waals surface area contributed by atoms with Crippen molar-refractivity contribution in [2.45, 2.75) is 26.3 Å². The third-order valence-electron chi connectivity index (χ3n) is 2.62. The molecule has 1 heterocycles. The van der Waals surface area contributed by atoms with Crippen LogP contribution < -0.4 is 10.0 Å². The molecule has 0 aliphatic heterocycles. The Bertz CT molecular complexity index is 529. The van der Waals surface area contributed by atoms with Crippen molar-refractivity contribution in [3.8, 4) is 0 Å². The number of aromatic nitrogens is 1. The summed E-state index contributed by atoms with van der Waals surface area (Å²) in [6.07, 6.45) is 5.16. The van der Waals surface area contributed by atoms with E-state index in [1.165, 1.54) is 0 Å². The molecule has 20 heavy (non-hydrogen) atoms. The number of hydrogen-bond donors (Lipinski definition) is 2. The highest BCUT2D eigenvalue weighted by Crippen LogP contribution is 2.20. The molecule has 0 saturated carbocycles. The lowest BCUT2D eigenvalue weighted by Crippen LogP contribution is -2.38. The zero-order chi connectivity index (χ0) is 15.2. The number of nitrogens with one attached hydrogen (secondary N) is 2. The van der Waals surface area contributed by atoms with Crippen LogP contribution in [0.3, 0.4) is 0 Å². The molecule has 0 bridgehead atoms. The van der Waals surface area contributed by atoms with E-state index < -0.39 is 10.0 Å². The molecule has 112 valence electrons. The maximum Gasteiger partial charge on any atom is 0.235 e. The fourth-order valence-electron chi connectivity index (χ4n) is 1.77. The summed E-state index contributed by atoms with van der Waals surface area (Å²) in [7, 11) is -3.37. The van der Waals surface area contributed by atoms with E-state index in [0.29, 0.717) is 5.92 Å². The van der Waals surface area contributed by atoms with Crippen molar-refractivity contribution in [2.75, 3.05) is 12.8 Å². The number of carbonyl (C=O) groups excluding carboxylic acids is 1. The fraction of sp³-hybridized carbons (Fsp3) is 0.538. The zero-order valence-electron chi connectivity index (χ0n) is 12.0. The lowest BCUT2D eigenvalue weighted by atomic mass is 9.98. The molecular formula is C13H21N3O3S. The van der Waals surface area contributed by atoms with Crippen molar-refractivity contribution in [3.63, 3.8) is 0 Å². The van der Waals surface area contributed by atoms with E-state index in [4.69, 9.17) is 0 Å². The third kappa shape index (κ3) is 6.63. The lowest BCUT2D eigenvalue weighted by molar-refractivity contribution is -0.120. The topological polar surface area (TPSA) is 88.2 Å². The number of sulfonamides is 1. The van der Waals surface area contributed by atoms with Crippen LogP contribution in [0.5, 0.6) is 0 Å². The van der Waals surface area contributed by atoms with Crippen molar-refractivity contribution in [1.29, 1.82) is 0 Å². The summed E-state index contributed by atoms with van der Waals surface area (Å²) in [5, 5.41) is 2.83. The molecule has 0 aromatic carbocycles. The van der Waals surface area contributed by atoms with Gasteiger partial charge in [0.05, 0.1) is 18.8 Å². The van der Waals surface area contributed by atoms with Crippen LogP contribution >= 0.6 is 0 Å². The van der Waals surface area contributed by atoms with E-state index in [0.717, 1.165) is 18.2 Å². The standard InChI is InChI=1S/C13H21N3O3S/c1-10(2)7-12(11-5-4-6-14-8-11)16-13(17)9-15-20(3,18)19/h4-6,8,10,12,15H,7,9H2,1-3H3,(H,16,17)/t12-/m1/s1. The Hall–Kier alpha value is -1.47. The molecule has 2 N–H and O–H groups in total. The normalized spacial score (nSPS) is 13.2. The van der Waals surface area contributed by atoms with Gasteiger partial charge in [-0.15, -0.1) is 0 Å². The molecular weight excluding hydrogens is 278 g/mol. The Balaban J connectivity index is 2.68. The summed E-state index contributed by atoms with van der Waals surface area (Å²) in [6, 6.07) is 3.53. The first-order valence-electron chi connectivity index (χ1n) is 6.42. The Kier molecular flexibility index (Phi) is 6.09.